The Morgan fingerprint density at radius 1 is 1.67 bits per heavy atom. The molecule has 0 saturated carbocycles. The molecule has 1 rings (SSSR count). The van der Waals surface area contributed by atoms with Crippen molar-refractivity contribution < 1.29 is 4.79 Å². The second-order valence-electron chi connectivity index (χ2n) is 3.97. The Morgan fingerprint density at radius 2 is 2.27 bits per heavy atom. The van der Waals surface area contributed by atoms with E-state index in [0.717, 1.165) is 5.82 Å². The van der Waals surface area contributed by atoms with Crippen LogP contribution in [-0.4, -0.2) is 25.0 Å². The van der Waals surface area contributed by atoms with Crippen LogP contribution < -0.4 is 5.32 Å². The fourth-order valence-corrected chi connectivity index (χ4v) is 1.23. The Kier molecular flexibility index (Phi) is 3.49. The number of nitrogens with one attached hydrogen (secondary N) is 1. The molecule has 1 N–H and O–H groups in total. The molecule has 1 heterocycles. The van der Waals surface area contributed by atoms with Crippen LogP contribution in [0.3, 0.4) is 0 Å². The van der Waals surface area contributed by atoms with Gasteiger partial charge < -0.3 is 9.88 Å². The van der Waals surface area contributed by atoms with Gasteiger partial charge in [0.2, 0.25) is 5.91 Å². The van der Waals surface area contributed by atoms with Crippen LogP contribution >= 0.6 is 15.9 Å². The Morgan fingerprint density at radius 3 is 2.67 bits per heavy atom. The molecule has 1 atom stereocenters. The maximum absolute atomic E-state index is 11.7. The van der Waals surface area contributed by atoms with E-state index in [2.05, 4.69) is 31.4 Å². The normalized spacial score (nSPS) is 13.7. The first-order chi connectivity index (χ1) is 6.82. The van der Waals surface area contributed by atoms with Gasteiger partial charge in [-0.05, 0) is 20.8 Å². The lowest BCUT2D eigenvalue weighted by Gasteiger charge is -2.19. The van der Waals surface area contributed by atoms with E-state index >= 15 is 0 Å². The van der Waals surface area contributed by atoms with Crippen LogP contribution in [0.2, 0.25) is 0 Å². The van der Waals surface area contributed by atoms with Gasteiger partial charge in [-0.3, -0.25) is 4.79 Å². The molecule has 0 spiro atoms. The molecule has 6 heteroatoms. The first-order valence-electron chi connectivity index (χ1n) is 4.66. The minimum Gasteiger partial charge on any atom is -0.345 e. The van der Waals surface area contributed by atoms with E-state index in [1.54, 1.807) is 24.7 Å². The molecule has 0 fully saturated rings. The van der Waals surface area contributed by atoms with Gasteiger partial charge in [0, 0.05) is 7.05 Å². The molecule has 1 unspecified atom stereocenters. The average Bonchev–Trinajstić information content (AvgIpc) is 2.49. The number of aromatic nitrogens is 3. The Bertz CT molecular complexity index is 355. The Balaban J connectivity index is 2.69. The van der Waals surface area contributed by atoms with E-state index in [0.29, 0.717) is 0 Å². The summed E-state index contributed by atoms with van der Waals surface area (Å²) in [5.41, 5.74) is 0. The van der Waals surface area contributed by atoms with Gasteiger partial charge in [-0.1, -0.05) is 15.9 Å². The van der Waals surface area contributed by atoms with Gasteiger partial charge in [0.1, 0.15) is 6.33 Å². The van der Waals surface area contributed by atoms with Gasteiger partial charge in [0.05, 0.1) is 10.4 Å². The zero-order valence-electron chi connectivity index (χ0n) is 9.28. The summed E-state index contributed by atoms with van der Waals surface area (Å²) in [7, 11) is 1.84. The monoisotopic (exact) mass is 274 g/mol. The number of amides is 1. The lowest BCUT2D eigenvalue weighted by atomic mass is 10.2. The molecule has 84 valence electrons. The molecule has 1 aromatic heterocycles. The molecule has 0 bridgehead atoms. The number of hydrogen-bond acceptors (Lipinski definition) is 3. The maximum atomic E-state index is 11.7. The number of alkyl halides is 1. The largest absolute Gasteiger partial charge is 0.345 e. The SMILES string of the molecule is CC(NC(=O)C(C)(C)Br)c1nncn1C. The number of hydrogen-bond donors (Lipinski definition) is 1. The van der Waals surface area contributed by atoms with Crippen molar-refractivity contribution in [2.24, 2.45) is 7.05 Å². The summed E-state index contributed by atoms with van der Waals surface area (Å²) in [6, 6.07) is -0.151. The maximum Gasteiger partial charge on any atom is 0.236 e. The highest BCUT2D eigenvalue weighted by molar-refractivity contribution is 9.10. The molecule has 5 nitrogen and oxygen atoms in total. The second kappa shape index (κ2) is 4.30. The third-order valence-electron chi connectivity index (χ3n) is 2.02. The van der Waals surface area contributed by atoms with Gasteiger partial charge in [-0.2, -0.15) is 0 Å². The summed E-state index contributed by atoms with van der Waals surface area (Å²) in [5.74, 6) is 0.665. The number of carbonyl (C=O) groups is 1. The highest BCUT2D eigenvalue weighted by Crippen LogP contribution is 2.17. The number of aryl methyl sites for hydroxylation is 1. The zero-order valence-corrected chi connectivity index (χ0v) is 10.9. The van der Waals surface area contributed by atoms with Crippen LogP contribution in [0.5, 0.6) is 0 Å². The summed E-state index contributed by atoms with van der Waals surface area (Å²) in [5, 5.41) is 10.5. The predicted molar refractivity (Wildman–Crippen MR) is 60.6 cm³/mol. The van der Waals surface area contributed by atoms with Crippen molar-refractivity contribution in [3.05, 3.63) is 12.2 Å². The van der Waals surface area contributed by atoms with Crippen molar-refractivity contribution >= 4 is 21.8 Å². The zero-order chi connectivity index (χ0) is 11.6. The molecule has 0 radical (unpaired) electrons. The third-order valence-corrected chi connectivity index (χ3v) is 2.38. The van der Waals surface area contributed by atoms with Crippen LogP contribution in [0.1, 0.15) is 32.6 Å². The molecule has 15 heavy (non-hydrogen) atoms. The van der Waals surface area contributed by atoms with Gasteiger partial charge in [-0.15, -0.1) is 10.2 Å². The standard InChI is InChI=1S/C9H15BrN4O/c1-6(7-13-11-5-14(7)4)12-8(15)9(2,3)10/h5-6H,1-4H3,(H,12,15). The fraction of sp³-hybridized carbons (Fsp3) is 0.667. The minimum atomic E-state index is -0.570. The van der Waals surface area contributed by atoms with E-state index in [9.17, 15) is 4.79 Å². The van der Waals surface area contributed by atoms with Crippen LogP contribution in [0.25, 0.3) is 0 Å². The van der Waals surface area contributed by atoms with E-state index in [4.69, 9.17) is 0 Å². The predicted octanol–water partition coefficient (Wildman–Crippen LogP) is 1.17. The highest BCUT2D eigenvalue weighted by atomic mass is 79.9. The van der Waals surface area contributed by atoms with Gasteiger partial charge >= 0.3 is 0 Å². The molecular formula is C9H15BrN4O. The van der Waals surface area contributed by atoms with Crippen LogP contribution in [0.4, 0.5) is 0 Å². The summed E-state index contributed by atoms with van der Waals surface area (Å²) in [4.78, 5) is 11.7. The molecule has 0 aliphatic carbocycles. The van der Waals surface area contributed by atoms with Crippen molar-refractivity contribution in [1.29, 1.82) is 0 Å². The fourth-order valence-electron chi connectivity index (χ4n) is 1.12. The number of nitrogens with zero attached hydrogens (tertiary/aromatic N) is 3. The Labute approximate surface area is 97.4 Å². The molecule has 0 saturated heterocycles. The lowest BCUT2D eigenvalue weighted by molar-refractivity contribution is -0.123. The molecule has 0 aromatic carbocycles. The van der Waals surface area contributed by atoms with Crippen molar-refractivity contribution in [2.75, 3.05) is 0 Å². The van der Waals surface area contributed by atoms with Crippen molar-refractivity contribution in [3.63, 3.8) is 0 Å². The highest BCUT2D eigenvalue weighted by Gasteiger charge is 2.26. The molecule has 0 aliphatic rings. The summed E-state index contributed by atoms with van der Waals surface area (Å²) in [6.45, 7) is 5.47. The second-order valence-corrected chi connectivity index (χ2v) is 5.95. The topological polar surface area (TPSA) is 59.8 Å². The van der Waals surface area contributed by atoms with Crippen LogP contribution in [0, 0.1) is 0 Å². The van der Waals surface area contributed by atoms with Crippen LogP contribution in [-0.2, 0) is 11.8 Å². The van der Waals surface area contributed by atoms with E-state index in [-0.39, 0.29) is 11.9 Å². The number of halogens is 1. The van der Waals surface area contributed by atoms with E-state index in [1.807, 2.05) is 14.0 Å². The lowest BCUT2D eigenvalue weighted by Crippen LogP contribution is -2.39. The van der Waals surface area contributed by atoms with Gasteiger partial charge in [0.15, 0.2) is 5.82 Å². The summed E-state index contributed by atoms with van der Waals surface area (Å²) >= 11 is 3.30. The van der Waals surface area contributed by atoms with E-state index < -0.39 is 4.32 Å². The molecule has 0 aliphatic heterocycles. The minimum absolute atomic E-state index is 0.0713. The van der Waals surface area contributed by atoms with Crippen molar-refractivity contribution in [1.82, 2.24) is 20.1 Å². The number of carbonyl (C=O) groups excluding carboxylic acids is 1. The smallest absolute Gasteiger partial charge is 0.236 e. The van der Waals surface area contributed by atoms with Crippen molar-refractivity contribution in [3.8, 4) is 0 Å². The molecule has 1 amide bonds. The Hall–Kier alpha value is -0.910. The van der Waals surface area contributed by atoms with Gasteiger partial charge in [0.25, 0.3) is 0 Å². The third kappa shape index (κ3) is 3.02. The van der Waals surface area contributed by atoms with Gasteiger partial charge in [-0.25, -0.2) is 0 Å². The summed E-state index contributed by atoms with van der Waals surface area (Å²) in [6.07, 6.45) is 1.61. The molecular weight excluding hydrogens is 260 g/mol. The summed E-state index contributed by atoms with van der Waals surface area (Å²) < 4.78 is 1.21. The molecule has 1 aromatic rings. The first kappa shape index (κ1) is 12.2. The number of rotatable bonds is 3. The first-order valence-corrected chi connectivity index (χ1v) is 5.45. The van der Waals surface area contributed by atoms with Crippen molar-refractivity contribution in [2.45, 2.75) is 31.1 Å². The average molecular weight is 275 g/mol. The van der Waals surface area contributed by atoms with E-state index in [1.165, 1.54) is 0 Å². The quantitative estimate of drug-likeness (QED) is 0.842. The van der Waals surface area contributed by atoms with Crippen LogP contribution in [0.15, 0.2) is 6.33 Å².